The Labute approximate surface area is 126 Å². The SMILES string of the molecule is COc1ccc(CNc2ccccc2C(F)(F)F)cc1OC. The average Bonchev–Trinajstić information content (AvgIpc) is 2.52. The molecule has 0 fully saturated rings. The molecule has 2 aromatic rings. The zero-order valence-corrected chi connectivity index (χ0v) is 12.2. The van der Waals surface area contributed by atoms with Crippen molar-refractivity contribution in [3.8, 4) is 11.5 Å². The molecule has 0 heterocycles. The highest BCUT2D eigenvalue weighted by molar-refractivity contribution is 5.53. The third kappa shape index (κ3) is 3.63. The molecule has 6 heteroatoms. The van der Waals surface area contributed by atoms with Crippen LogP contribution in [0.15, 0.2) is 42.5 Å². The standard InChI is InChI=1S/C16H16F3NO2/c1-21-14-8-7-11(9-15(14)22-2)10-20-13-6-4-3-5-12(13)16(17,18)19/h3-9,20H,10H2,1-2H3. The van der Waals surface area contributed by atoms with Gasteiger partial charge in [0.15, 0.2) is 11.5 Å². The van der Waals surface area contributed by atoms with Crippen LogP contribution in [0.5, 0.6) is 11.5 Å². The first kappa shape index (κ1) is 16.0. The summed E-state index contributed by atoms with van der Waals surface area (Å²) in [5.41, 5.74) is 0.148. The maximum absolute atomic E-state index is 12.9. The summed E-state index contributed by atoms with van der Waals surface area (Å²) in [5, 5.41) is 2.81. The van der Waals surface area contributed by atoms with Gasteiger partial charge in [0, 0.05) is 12.2 Å². The number of halogens is 3. The van der Waals surface area contributed by atoms with E-state index in [4.69, 9.17) is 9.47 Å². The number of rotatable bonds is 5. The molecule has 0 saturated carbocycles. The molecule has 1 N–H and O–H groups in total. The molecule has 0 atom stereocenters. The maximum Gasteiger partial charge on any atom is 0.418 e. The van der Waals surface area contributed by atoms with Gasteiger partial charge in [0.05, 0.1) is 19.8 Å². The van der Waals surface area contributed by atoms with E-state index in [1.165, 1.54) is 26.4 Å². The minimum Gasteiger partial charge on any atom is -0.493 e. The fourth-order valence-corrected chi connectivity index (χ4v) is 2.07. The van der Waals surface area contributed by atoms with Crippen molar-refractivity contribution in [2.24, 2.45) is 0 Å². The molecule has 0 aliphatic rings. The zero-order valence-electron chi connectivity index (χ0n) is 12.2. The fraction of sp³-hybridized carbons (Fsp3) is 0.250. The van der Waals surface area contributed by atoms with Crippen LogP contribution >= 0.6 is 0 Å². The van der Waals surface area contributed by atoms with Gasteiger partial charge >= 0.3 is 6.18 Å². The highest BCUT2D eigenvalue weighted by Gasteiger charge is 2.33. The van der Waals surface area contributed by atoms with Crippen molar-refractivity contribution in [2.75, 3.05) is 19.5 Å². The molecule has 2 rings (SSSR count). The minimum absolute atomic E-state index is 0.0461. The van der Waals surface area contributed by atoms with Gasteiger partial charge in [-0.3, -0.25) is 0 Å². The molecule has 0 amide bonds. The van der Waals surface area contributed by atoms with Gasteiger partial charge in [0.25, 0.3) is 0 Å². The summed E-state index contributed by atoms with van der Waals surface area (Å²) >= 11 is 0. The number of para-hydroxylation sites is 1. The molecule has 3 nitrogen and oxygen atoms in total. The van der Waals surface area contributed by atoms with Gasteiger partial charge in [0.2, 0.25) is 0 Å². The van der Waals surface area contributed by atoms with Crippen LogP contribution in [0, 0.1) is 0 Å². The largest absolute Gasteiger partial charge is 0.493 e. The summed E-state index contributed by atoms with van der Waals surface area (Å²) < 4.78 is 49.0. The summed E-state index contributed by atoms with van der Waals surface area (Å²) in [4.78, 5) is 0. The number of hydrogen-bond donors (Lipinski definition) is 1. The van der Waals surface area contributed by atoms with E-state index in [1.54, 1.807) is 24.3 Å². The van der Waals surface area contributed by atoms with Crippen molar-refractivity contribution in [1.29, 1.82) is 0 Å². The third-order valence-electron chi connectivity index (χ3n) is 3.16. The van der Waals surface area contributed by atoms with Gasteiger partial charge in [-0.05, 0) is 29.8 Å². The number of nitrogens with one attached hydrogen (secondary N) is 1. The van der Waals surface area contributed by atoms with E-state index in [-0.39, 0.29) is 12.2 Å². The Balaban J connectivity index is 2.17. The highest BCUT2D eigenvalue weighted by Crippen LogP contribution is 2.35. The summed E-state index contributed by atoms with van der Waals surface area (Å²) in [6.07, 6.45) is -4.39. The second-order valence-electron chi connectivity index (χ2n) is 4.59. The Kier molecular flexibility index (Phi) is 4.80. The molecule has 0 radical (unpaired) electrons. The molecule has 0 saturated heterocycles. The van der Waals surface area contributed by atoms with E-state index in [0.717, 1.165) is 11.6 Å². The Morgan fingerprint density at radius 2 is 1.64 bits per heavy atom. The average molecular weight is 311 g/mol. The van der Waals surface area contributed by atoms with Crippen LogP contribution in [-0.4, -0.2) is 14.2 Å². The summed E-state index contributed by atoms with van der Waals surface area (Å²) in [5.74, 6) is 1.10. The molecule has 22 heavy (non-hydrogen) atoms. The van der Waals surface area contributed by atoms with Crippen LogP contribution in [0.2, 0.25) is 0 Å². The number of benzene rings is 2. The monoisotopic (exact) mass is 311 g/mol. The Morgan fingerprint density at radius 1 is 0.955 bits per heavy atom. The predicted octanol–water partition coefficient (Wildman–Crippen LogP) is 4.33. The topological polar surface area (TPSA) is 30.5 Å². The van der Waals surface area contributed by atoms with Gasteiger partial charge in [-0.15, -0.1) is 0 Å². The Bertz CT molecular complexity index is 642. The van der Waals surface area contributed by atoms with Crippen LogP contribution in [0.1, 0.15) is 11.1 Å². The number of methoxy groups -OCH3 is 2. The first-order chi connectivity index (χ1) is 10.5. The molecule has 0 aliphatic heterocycles. The van der Waals surface area contributed by atoms with Gasteiger partial charge < -0.3 is 14.8 Å². The zero-order chi connectivity index (χ0) is 16.2. The second-order valence-corrected chi connectivity index (χ2v) is 4.59. The molecule has 2 aromatic carbocycles. The van der Waals surface area contributed by atoms with Crippen LogP contribution in [0.4, 0.5) is 18.9 Å². The molecule has 0 aromatic heterocycles. The lowest BCUT2D eigenvalue weighted by Gasteiger charge is -2.15. The summed E-state index contributed by atoms with van der Waals surface area (Å²) in [7, 11) is 3.03. The second kappa shape index (κ2) is 6.60. The van der Waals surface area contributed by atoms with E-state index >= 15 is 0 Å². The van der Waals surface area contributed by atoms with Crippen molar-refractivity contribution in [1.82, 2.24) is 0 Å². The van der Waals surface area contributed by atoms with E-state index in [0.29, 0.717) is 11.5 Å². The minimum atomic E-state index is -4.39. The van der Waals surface area contributed by atoms with Crippen molar-refractivity contribution < 1.29 is 22.6 Å². The van der Waals surface area contributed by atoms with Gasteiger partial charge in [0.1, 0.15) is 0 Å². The first-order valence-corrected chi connectivity index (χ1v) is 6.56. The molecular formula is C16H16F3NO2. The molecule has 0 unspecified atom stereocenters. The van der Waals surface area contributed by atoms with E-state index < -0.39 is 11.7 Å². The van der Waals surface area contributed by atoms with Crippen molar-refractivity contribution in [2.45, 2.75) is 12.7 Å². The fourth-order valence-electron chi connectivity index (χ4n) is 2.07. The third-order valence-corrected chi connectivity index (χ3v) is 3.16. The van der Waals surface area contributed by atoms with Gasteiger partial charge in [-0.1, -0.05) is 18.2 Å². The van der Waals surface area contributed by atoms with Gasteiger partial charge in [-0.2, -0.15) is 13.2 Å². The number of hydrogen-bond acceptors (Lipinski definition) is 3. The van der Waals surface area contributed by atoms with Crippen LogP contribution in [-0.2, 0) is 12.7 Å². The molecule has 0 spiro atoms. The van der Waals surface area contributed by atoms with Crippen molar-refractivity contribution in [3.63, 3.8) is 0 Å². The number of alkyl halides is 3. The van der Waals surface area contributed by atoms with E-state index in [1.807, 2.05) is 0 Å². The van der Waals surface area contributed by atoms with Gasteiger partial charge in [-0.25, -0.2) is 0 Å². The lowest BCUT2D eigenvalue weighted by molar-refractivity contribution is -0.136. The van der Waals surface area contributed by atoms with Crippen LogP contribution in [0.25, 0.3) is 0 Å². The lowest BCUT2D eigenvalue weighted by Crippen LogP contribution is -2.10. The number of ether oxygens (including phenoxy) is 2. The molecular weight excluding hydrogens is 295 g/mol. The van der Waals surface area contributed by atoms with Crippen molar-refractivity contribution >= 4 is 5.69 Å². The molecule has 0 aliphatic carbocycles. The summed E-state index contributed by atoms with van der Waals surface area (Å²) in [6.45, 7) is 0.243. The van der Waals surface area contributed by atoms with Crippen LogP contribution < -0.4 is 14.8 Å². The smallest absolute Gasteiger partial charge is 0.418 e. The molecule has 0 bridgehead atoms. The molecule has 118 valence electrons. The number of anilines is 1. The predicted molar refractivity (Wildman–Crippen MR) is 78.3 cm³/mol. The van der Waals surface area contributed by atoms with Crippen LogP contribution in [0.3, 0.4) is 0 Å². The van der Waals surface area contributed by atoms with Crippen molar-refractivity contribution in [3.05, 3.63) is 53.6 Å². The first-order valence-electron chi connectivity index (χ1n) is 6.56. The van der Waals surface area contributed by atoms with E-state index in [9.17, 15) is 13.2 Å². The Morgan fingerprint density at radius 3 is 2.27 bits per heavy atom. The normalized spacial score (nSPS) is 11.1. The lowest BCUT2D eigenvalue weighted by atomic mass is 10.1. The highest BCUT2D eigenvalue weighted by atomic mass is 19.4. The maximum atomic E-state index is 12.9. The quantitative estimate of drug-likeness (QED) is 0.891. The Hall–Kier alpha value is -2.37. The summed E-state index contributed by atoms with van der Waals surface area (Å²) in [6, 6.07) is 10.6. The van der Waals surface area contributed by atoms with E-state index in [2.05, 4.69) is 5.32 Å².